The molecule has 4 heteroatoms. The number of phenols is 1. The SMILES string of the molecule is COC(=O)C1=CC(c2cccc(O)c2)N(C)CC1. The summed E-state index contributed by atoms with van der Waals surface area (Å²) in [6, 6.07) is 7.10. The Kier molecular flexibility index (Phi) is 3.67. The van der Waals surface area contributed by atoms with E-state index in [2.05, 4.69) is 4.90 Å². The molecule has 0 saturated heterocycles. The molecule has 0 fully saturated rings. The number of methoxy groups -OCH3 is 1. The fourth-order valence-electron chi connectivity index (χ4n) is 2.20. The second-order valence-electron chi connectivity index (χ2n) is 4.45. The number of hydrogen-bond acceptors (Lipinski definition) is 4. The molecule has 1 heterocycles. The number of esters is 1. The van der Waals surface area contributed by atoms with Gasteiger partial charge in [-0.2, -0.15) is 0 Å². The van der Waals surface area contributed by atoms with Gasteiger partial charge in [-0.15, -0.1) is 0 Å². The molecule has 2 rings (SSSR count). The summed E-state index contributed by atoms with van der Waals surface area (Å²) in [6.07, 6.45) is 2.60. The van der Waals surface area contributed by atoms with Gasteiger partial charge in [0.15, 0.2) is 0 Å². The van der Waals surface area contributed by atoms with Crippen molar-refractivity contribution < 1.29 is 14.6 Å². The van der Waals surface area contributed by atoms with E-state index in [9.17, 15) is 9.90 Å². The second kappa shape index (κ2) is 5.23. The van der Waals surface area contributed by atoms with Crippen LogP contribution in [0, 0.1) is 0 Å². The van der Waals surface area contributed by atoms with Gasteiger partial charge in [0.05, 0.1) is 13.2 Å². The van der Waals surface area contributed by atoms with E-state index in [4.69, 9.17) is 4.74 Å². The molecule has 4 nitrogen and oxygen atoms in total. The van der Waals surface area contributed by atoms with Crippen LogP contribution in [0.5, 0.6) is 5.75 Å². The summed E-state index contributed by atoms with van der Waals surface area (Å²) in [5.41, 5.74) is 1.67. The molecule has 1 unspecified atom stereocenters. The summed E-state index contributed by atoms with van der Waals surface area (Å²) in [6.45, 7) is 0.793. The van der Waals surface area contributed by atoms with Gasteiger partial charge in [0.25, 0.3) is 0 Å². The zero-order valence-corrected chi connectivity index (χ0v) is 10.6. The van der Waals surface area contributed by atoms with E-state index in [0.717, 1.165) is 12.1 Å². The second-order valence-corrected chi connectivity index (χ2v) is 4.45. The van der Waals surface area contributed by atoms with E-state index in [-0.39, 0.29) is 17.8 Å². The van der Waals surface area contributed by atoms with Crippen molar-refractivity contribution in [3.05, 3.63) is 41.5 Å². The highest BCUT2D eigenvalue weighted by molar-refractivity contribution is 5.88. The monoisotopic (exact) mass is 247 g/mol. The van der Waals surface area contributed by atoms with Gasteiger partial charge in [0.1, 0.15) is 5.75 Å². The van der Waals surface area contributed by atoms with E-state index in [1.807, 2.05) is 19.2 Å². The predicted molar refractivity (Wildman–Crippen MR) is 68.2 cm³/mol. The Morgan fingerprint density at radius 3 is 2.94 bits per heavy atom. The van der Waals surface area contributed by atoms with Gasteiger partial charge in [0.2, 0.25) is 0 Å². The third-order valence-corrected chi connectivity index (χ3v) is 3.23. The van der Waals surface area contributed by atoms with Gasteiger partial charge < -0.3 is 9.84 Å². The van der Waals surface area contributed by atoms with Crippen LogP contribution in [0.2, 0.25) is 0 Å². The van der Waals surface area contributed by atoms with Crippen LogP contribution >= 0.6 is 0 Å². The Balaban J connectivity index is 2.32. The van der Waals surface area contributed by atoms with Gasteiger partial charge >= 0.3 is 5.97 Å². The van der Waals surface area contributed by atoms with E-state index in [1.165, 1.54) is 7.11 Å². The molecule has 1 aromatic carbocycles. The number of aromatic hydroxyl groups is 1. The van der Waals surface area contributed by atoms with Gasteiger partial charge in [-0.25, -0.2) is 4.79 Å². The number of rotatable bonds is 2. The summed E-state index contributed by atoms with van der Waals surface area (Å²) in [7, 11) is 3.39. The summed E-state index contributed by atoms with van der Waals surface area (Å²) in [5, 5.41) is 9.52. The highest BCUT2D eigenvalue weighted by Gasteiger charge is 2.24. The van der Waals surface area contributed by atoms with Crippen molar-refractivity contribution in [2.45, 2.75) is 12.5 Å². The lowest BCUT2D eigenvalue weighted by molar-refractivity contribution is -0.136. The van der Waals surface area contributed by atoms with Crippen LogP contribution < -0.4 is 0 Å². The lowest BCUT2D eigenvalue weighted by Crippen LogP contribution is -2.30. The normalized spacial score (nSPS) is 20.3. The lowest BCUT2D eigenvalue weighted by atomic mass is 9.97. The van der Waals surface area contributed by atoms with E-state index < -0.39 is 0 Å². The molecular weight excluding hydrogens is 230 g/mol. The van der Waals surface area contributed by atoms with Crippen molar-refractivity contribution in [1.82, 2.24) is 4.90 Å². The van der Waals surface area contributed by atoms with Crippen LogP contribution in [0.25, 0.3) is 0 Å². The van der Waals surface area contributed by atoms with E-state index >= 15 is 0 Å². The number of carbonyl (C=O) groups excluding carboxylic acids is 1. The Morgan fingerprint density at radius 1 is 1.50 bits per heavy atom. The first-order valence-corrected chi connectivity index (χ1v) is 5.90. The maximum Gasteiger partial charge on any atom is 0.333 e. The first-order valence-electron chi connectivity index (χ1n) is 5.90. The Hall–Kier alpha value is -1.81. The zero-order chi connectivity index (χ0) is 13.1. The molecule has 0 aliphatic carbocycles. The van der Waals surface area contributed by atoms with Crippen molar-refractivity contribution in [1.29, 1.82) is 0 Å². The minimum absolute atomic E-state index is 0.0000463. The summed E-state index contributed by atoms with van der Waals surface area (Å²) in [4.78, 5) is 13.7. The summed E-state index contributed by atoms with van der Waals surface area (Å²) >= 11 is 0. The summed E-state index contributed by atoms with van der Waals surface area (Å²) < 4.78 is 4.76. The molecule has 0 amide bonds. The molecule has 0 radical (unpaired) electrons. The number of phenolic OH excluding ortho intramolecular Hbond substituents is 1. The first kappa shape index (κ1) is 12.6. The van der Waals surface area contributed by atoms with Crippen LogP contribution in [0.1, 0.15) is 18.0 Å². The van der Waals surface area contributed by atoms with Crippen LogP contribution in [-0.2, 0) is 9.53 Å². The minimum atomic E-state index is -0.270. The molecule has 0 saturated carbocycles. The average Bonchev–Trinajstić information content (AvgIpc) is 2.38. The Labute approximate surface area is 106 Å². The van der Waals surface area contributed by atoms with Crippen molar-refractivity contribution >= 4 is 5.97 Å². The van der Waals surface area contributed by atoms with Crippen molar-refractivity contribution in [3.63, 3.8) is 0 Å². The number of benzene rings is 1. The van der Waals surface area contributed by atoms with Gasteiger partial charge in [-0.3, -0.25) is 4.90 Å². The van der Waals surface area contributed by atoms with E-state index in [0.29, 0.717) is 12.0 Å². The van der Waals surface area contributed by atoms with Crippen LogP contribution in [0.4, 0.5) is 0 Å². The smallest absolute Gasteiger partial charge is 0.333 e. The van der Waals surface area contributed by atoms with Crippen LogP contribution in [0.15, 0.2) is 35.9 Å². The molecule has 0 bridgehead atoms. The largest absolute Gasteiger partial charge is 0.508 e. The number of ether oxygens (including phenoxy) is 1. The number of likely N-dealkylation sites (N-methyl/N-ethyl adjacent to an activating group) is 1. The van der Waals surface area contributed by atoms with Gasteiger partial charge in [0, 0.05) is 12.1 Å². The van der Waals surface area contributed by atoms with Gasteiger partial charge in [-0.05, 0) is 31.2 Å². The quantitative estimate of drug-likeness (QED) is 0.810. The molecule has 1 aliphatic rings. The molecule has 1 N–H and O–H groups in total. The fraction of sp³-hybridized carbons (Fsp3) is 0.357. The highest BCUT2D eigenvalue weighted by Crippen LogP contribution is 2.29. The first-order chi connectivity index (χ1) is 8.61. The maximum absolute atomic E-state index is 11.6. The zero-order valence-electron chi connectivity index (χ0n) is 10.6. The average molecular weight is 247 g/mol. The molecular formula is C14H17NO3. The molecule has 18 heavy (non-hydrogen) atoms. The standard InChI is InChI=1S/C14H17NO3/c1-15-7-6-11(14(17)18-2)9-13(15)10-4-3-5-12(16)8-10/h3-5,8-9,13,16H,6-7H2,1-2H3. The van der Waals surface area contributed by atoms with Crippen LogP contribution in [-0.4, -0.2) is 36.7 Å². The minimum Gasteiger partial charge on any atom is -0.508 e. The maximum atomic E-state index is 11.6. The Morgan fingerprint density at radius 2 is 2.28 bits per heavy atom. The Bertz CT molecular complexity index is 482. The highest BCUT2D eigenvalue weighted by atomic mass is 16.5. The number of nitrogens with zero attached hydrogens (tertiary/aromatic N) is 1. The molecule has 1 aromatic rings. The summed E-state index contributed by atoms with van der Waals surface area (Å²) in [5.74, 6) is -0.0345. The molecule has 0 spiro atoms. The topological polar surface area (TPSA) is 49.8 Å². The third-order valence-electron chi connectivity index (χ3n) is 3.23. The van der Waals surface area contributed by atoms with E-state index in [1.54, 1.807) is 18.2 Å². The van der Waals surface area contributed by atoms with Crippen molar-refractivity contribution in [2.24, 2.45) is 0 Å². The fourth-order valence-corrected chi connectivity index (χ4v) is 2.20. The lowest BCUT2D eigenvalue weighted by Gasteiger charge is -2.30. The van der Waals surface area contributed by atoms with Gasteiger partial charge in [-0.1, -0.05) is 18.2 Å². The molecule has 96 valence electrons. The number of hydrogen-bond donors (Lipinski definition) is 1. The van der Waals surface area contributed by atoms with Crippen molar-refractivity contribution in [2.75, 3.05) is 20.7 Å². The molecule has 1 aliphatic heterocycles. The number of carbonyl (C=O) groups is 1. The third kappa shape index (κ3) is 2.54. The molecule has 1 atom stereocenters. The molecule has 0 aromatic heterocycles. The predicted octanol–water partition coefficient (Wildman–Crippen LogP) is 1.87. The van der Waals surface area contributed by atoms with Crippen LogP contribution in [0.3, 0.4) is 0 Å². The van der Waals surface area contributed by atoms with Crippen molar-refractivity contribution in [3.8, 4) is 5.75 Å².